The molecule has 0 spiro atoms. The van der Waals surface area contributed by atoms with Crippen LogP contribution in [0.15, 0.2) is 60.7 Å². The van der Waals surface area contributed by atoms with E-state index in [1.54, 1.807) is 60.7 Å². The zero-order valence-electron chi connectivity index (χ0n) is 17.4. The number of carboxylic acid groups (broad SMARTS) is 1. The fourth-order valence-electron chi connectivity index (χ4n) is 3.06. The van der Waals surface area contributed by atoms with Crippen molar-refractivity contribution >= 4 is 17.9 Å². The van der Waals surface area contributed by atoms with Gasteiger partial charge in [-0.15, -0.1) is 0 Å². The van der Waals surface area contributed by atoms with Gasteiger partial charge >= 0.3 is 12.3 Å². The Bertz CT molecular complexity index is 926. The van der Waals surface area contributed by atoms with Gasteiger partial charge in [0, 0.05) is 6.54 Å². The number of hydrogen-bond acceptors (Lipinski definition) is 4. The lowest BCUT2D eigenvalue weighted by Crippen LogP contribution is -2.56. The van der Waals surface area contributed by atoms with Crippen LogP contribution in [0.1, 0.15) is 17.5 Å². The fraction of sp³-hybridized carbons (Fsp3) is 0.318. The first kappa shape index (κ1) is 25.7. The van der Waals surface area contributed by atoms with E-state index in [2.05, 4.69) is 10.6 Å². The minimum atomic E-state index is -4.83. The predicted octanol–water partition coefficient (Wildman–Crippen LogP) is 1.98. The summed E-state index contributed by atoms with van der Waals surface area (Å²) in [4.78, 5) is 35.9. The maximum atomic E-state index is 12.8. The Kier molecular flexibility index (Phi) is 9.22. The highest BCUT2D eigenvalue weighted by Gasteiger charge is 2.38. The molecular weight excluding hydrogens is 443 g/mol. The lowest BCUT2D eigenvalue weighted by atomic mass is 9.99. The zero-order chi connectivity index (χ0) is 24.4. The van der Waals surface area contributed by atoms with Crippen molar-refractivity contribution in [2.45, 2.75) is 43.8 Å². The van der Waals surface area contributed by atoms with E-state index in [9.17, 15) is 32.7 Å². The van der Waals surface area contributed by atoms with Crippen LogP contribution >= 0.6 is 0 Å². The predicted molar refractivity (Wildman–Crippen MR) is 112 cm³/mol. The molecule has 0 aromatic heterocycles. The Morgan fingerprint density at radius 1 is 0.848 bits per heavy atom. The molecule has 2 aromatic rings. The Morgan fingerprint density at radius 2 is 1.39 bits per heavy atom. The van der Waals surface area contributed by atoms with E-state index >= 15 is 0 Å². The smallest absolute Gasteiger partial charge is 0.405 e. The number of aliphatic hydroxyl groups excluding tert-OH is 1. The summed E-state index contributed by atoms with van der Waals surface area (Å²) in [5, 5.41) is 25.6. The van der Waals surface area contributed by atoms with Crippen molar-refractivity contribution in [2.24, 2.45) is 0 Å². The Balaban J connectivity index is 2.16. The Labute approximate surface area is 187 Å². The Hall–Kier alpha value is -3.60. The number of hydrogen-bond donors (Lipinski definition) is 5. The number of rotatable bonds is 10. The van der Waals surface area contributed by atoms with Crippen molar-refractivity contribution < 1.29 is 37.8 Å². The van der Waals surface area contributed by atoms with Crippen LogP contribution in [0.3, 0.4) is 0 Å². The van der Waals surface area contributed by atoms with Gasteiger partial charge in [-0.1, -0.05) is 60.7 Å². The van der Waals surface area contributed by atoms with Crippen molar-refractivity contribution in [2.75, 3.05) is 0 Å². The fourth-order valence-corrected chi connectivity index (χ4v) is 3.06. The van der Waals surface area contributed by atoms with Crippen LogP contribution in [0.2, 0.25) is 0 Å². The topological polar surface area (TPSA) is 128 Å². The highest BCUT2D eigenvalue weighted by Crippen LogP contribution is 2.22. The first-order valence-corrected chi connectivity index (χ1v) is 9.95. The summed E-state index contributed by atoms with van der Waals surface area (Å²) in [5.41, 5.74) is 1.34. The minimum Gasteiger partial charge on any atom is -0.465 e. The van der Waals surface area contributed by atoms with E-state index in [1.165, 1.54) is 5.32 Å². The van der Waals surface area contributed by atoms with Crippen LogP contribution < -0.4 is 16.0 Å². The molecule has 3 amide bonds. The number of benzene rings is 2. The van der Waals surface area contributed by atoms with Gasteiger partial charge in [0.25, 0.3) is 5.91 Å². The van der Waals surface area contributed by atoms with Crippen LogP contribution in [0.25, 0.3) is 0 Å². The number of halogens is 3. The molecule has 0 saturated heterocycles. The molecule has 178 valence electrons. The number of amides is 3. The van der Waals surface area contributed by atoms with Gasteiger partial charge in [0.1, 0.15) is 6.04 Å². The second-order valence-electron chi connectivity index (χ2n) is 7.27. The van der Waals surface area contributed by atoms with Gasteiger partial charge < -0.3 is 26.2 Å². The molecule has 2 aromatic carbocycles. The molecule has 1 unspecified atom stereocenters. The van der Waals surface area contributed by atoms with Crippen molar-refractivity contribution in [1.82, 2.24) is 16.0 Å². The van der Waals surface area contributed by atoms with Gasteiger partial charge in [-0.25, -0.2) is 4.79 Å². The van der Waals surface area contributed by atoms with Crippen molar-refractivity contribution in [3.8, 4) is 0 Å². The maximum Gasteiger partial charge on any atom is 0.405 e. The summed E-state index contributed by atoms with van der Waals surface area (Å²) in [7, 11) is 0. The third kappa shape index (κ3) is 9.19. The molecule has 0 radical (unpaired) electrons. The lowest BCUT2D eigenvalue weighted by molar-refractivity contribution is -0.150. The van der Waals surface area contributed by atoms with Crippen LogP contribution in [0.5, 0.6) is 0 Å². The second-order valence-corrected chi connectivity index (χ2v) is 7.27. The van der Waals surface area contributed by atoms with Gasteiger partial charge in [0.2, 0.25) is 5.91 Å². The van der Waals surface area contributed by atoms with Gasteiger partial charge in [0.15, 0.2) is 6.10 Å². The molecule has 5 N–H and O–H groups in total. The van der Waals surface area contributed by atoms with E-state index in [1.807, 2.05) is 0 Å². The first-order chi connectivity index (χ1) is 15.5. The van der Waals surface area contributed by atoms with Crippen LogP contribution in [0, 0.1) is 0 Å². The maximum absolute atomic E-state index is 12.8. The standard InChI is InChI=1S/C22H24F3N3O5/c23-22(24,25)12-17(28-21(32)33)19(30)27-16(11-14-7-3-1-4-8-14)18(29)20(31)26-13-15-9-5-2-6-10-15/h1-10,16-18,28-29H,11-13H2,(H,26,31)(H,27,30)(H,32,33)/t16-,17-,18?/m0/s1. The van der Waals surface area contributed by atoms with E-state index in [4.69, 9.17) is 5.11 Å². The molecule has 11 heteroatoms. The number of aliphatic hydroxyl groups is 1. The van der Waals surface area contributed by atoms with Crippen LogP contribution in [-0.4, -0.2) is 52.5 Å². The average molecular weight is 467 g/mol. The van der Waals surface area contributed by atoms with Crippen molar-refractivity contribution in [1.29, 1.82) is 0 Å². The summed E-state index contributed by atoms with van der Waals surface area (Å²) < 4.78 is 38.5. The summed E-state index contributed by atoms with van der Waals surface area (Å²) in [6, 6.07) is 13.7. The van der Waals surface area contributed by atoms with Gasteiger partial charge in [-0.3, -0.25) is 9.59 Å². The monoisotopic (exact) mass is 467 g/mol. The molecule has 0 bridgehead atoms. The van der Waals surface area contributed by atoms with Crippen LogP contribution in [-0.2, 0) is 22.6 Å². The number of carbonyl (C=O) groups excluding carboxylic acids is 2. The normalized spacial score (nSPS) is 13.9. The SMILES string of the molecule is O=C(O)N[C@@H](CC(F)(F)F)C(=O)N[C@@H](Cc1ccccc1)C(O)C(=O)NCc1ccccc1. The first-order valence-electron chi connectivity index (χ1n) is 9.95. The molecule has 3 atom stereocenters. The number of carbonyl (C=O) groups is 3. The quantitative estimate of drug-likeness (QED) is 0.365. The largest absolute Gasteiger partial charge is 0.465 e. The molecule has 0 aliphatic rings. The van der Waals surface area contributed by atoms with E-state index in [0.29, 0.717) is 5.56 Å². The highest BCUT2D eigenvalue weighted by atomic mass is 19.4. The second kappa shape index (κ2) is 11.9. The van der Waals surface area contributed by atoms with Crippen molar-refractivity contribution in [3.05, 3.63) is 71.8 Å². The average Bonchev–Trinajstić information content (AvgIpc) is 2.76. The molecular formula is C22H24F3N3O5. The van der Waals surface area contributed by atoms with Crippen LogP contribution in [0.4, 0.5) is 18.0 Å². The molecule has 2 rings (SSSR count). The molecule has 0 aliphatic carbocycles. The van der Waals surface area contributed by atoms with E-state index < -0.39 is 48.7 Å². The van der Waals surface area contributed by atoms with E-state index in [0.717, 1.165) is 5.56 Å². The molecule has 0 saturated carbocycles. The molecule has 33 heavy (non-hydrogen) atoms. The number of nitrogens with one attached hydrogen (secondary N) is 3. The molecule has 0 fully saturated rings. The third-order valence-corrected chi connectivity index (χ3v) is 4.64. The molecule has 0 heterocycles. The summed E-state index contributed by atoms with van der Waals surface area (Å²) >= 11 is 0. The minimum absolute atomic E-state index is 0.0833. The molecule has 8 nitrogen and oxygen atoms in total. The van der Waals surface area contributed by atoms with Gasteiger partial charge in [0.05, 0.1) is 12.5 Å². The summed E-state index contributed by atoms with van der Waals surface area (Å²) in [6.45, 7) is 0.0833. The van der Waals surface area contributed by atoms with E-state index in [-0.39, 0.29) is 13.0 Å². The van der Waals surface area contributed by atoms with Gasteiger partial charge in [-0.2, -0.15) is 13.2 Å². The zero-order valence-corrected chi connectivity index (χ0v) is 17.4. The highest BCUT2D eigenvalue weighted by molar-refractivity contribution is 5.87. The lowest BCUT2D eigenvalue weighted by Gasteiger charge is -2.26. The number of alkyl halides is 3. The third-order valence-electron chi connectivity index (χ3n) is 4.64. The molecule has 0 aliphatic heterocycles. The van der Waals surface area contributed by atoms with Crippen molar-refractivity contribution in [3.63, 3.8) is 0 Å². The van der Waals surface area contributed by atoms with Gasteiger partial charge in [-0.05, 0) is 17.5 Å². The summed E-state index contributed by atoms with van der Waals surface area (Å²) in [6.07, 6.45) is -10.3. The summed E-state index contributed by atoms with van der Waals surface area (Å²) in [5.74, 6) is -2.16. The Morgan fingerprint density at radius 3 is 1.91 bits per heavy atom.